The Labute approximate surface area is 109 Å². The highest BCUT2D eigenvalue weighted by molar-refractivity contribution is 5.96. The van der Waals surface area contributed by atoms with Crippen LogP contribution in [0.15, 0.2) is 29.8 Å². The number of aliphatic carboxylic acids is 1. The lowest BCUT2D eigenvalue weighted by Crippen LogP contribution is -2.05. The van der Waals surface area contributed by atoms with Gasteiger partial charge in [0.15, 0.2) is 0 Å². The minimum atomic E-state index is -0.774. The van der Waals surface area contributed by atoms with Crippen molar-refractivity contribution in [1.82, 2.24) is 0 Å². The quantitative estimate of drug-likeness (QED) is 0.754. The highest BCUT2D eigenvalue weighted by Crippen LogP contribution is 2.27. The van der Waals surface area contributed by atoms with Crippen molar-refractivity contribution in [3.8, 4) is 0 Å². The molecule has 0 aliphatic heterocycles. The predicted molar refractivity (Wildman–Crippen MR) is 75.6 cm³/mol. The molecule has 2 nitrogen and oxygen atoms in total. The van der Waals surface area contributed by atoms with Crippen molar-refractivity contribution in [3.63, 3.8) is 0 Å². The smallest absolute Gasteiger partial charge is 0.331 e. The number of carboxylic acid groups (broad SMARTS) is 1. The lowest BCUT2D eigenvalue weighted by Gasteiger charge is -2.13. The maximum Gasteiger partial charge on any atom is 0.331 e. The summed E-state index contributed by atoms with van der Waals surface area (Å²) < 4.78 is 0. The third-order valence-corrected chi connectivity index (χ3v) is 3.23. The molecule has 0 amide bonds. The fourth-order valence-corrected chi connectivity index (χ4v) is 2.22. The van der Waals surface area contributed by atoms with E-state index in [9.17, 15) is 9.90 Å². The van der Waals surface area contributed by atoms with Gasteiger partial charge in [-0.05, 0) is 42.9 Å². The van der Waals surface area contributed by atoms with Crippen molar-refractivity contribution in [2.45, 2.75) is 46.5 Å². The minimum Gasteiger partial charge on any atom is -0.478 e. The van der Waals surface area contributed by atoms with E-state index in [0.29, 0.717) is 12.0 Å². The van der Waals surface area contributed by atoms with E-state index < -0.39 is 5.97 Å². The summed E-state index contributed by atoms with van der Waals surface area (Å²) in [5.41, 5.74) is 3.78. The van der Waals surface area contributed by atoms with Crippen molar-refractivity contribution in [2.24, 2.45) is 0 Å². The van der Waals surface area contributed by atoms with Gasteiger partial charge in [-0.2, -0.15) is 0 Å². The van der Waals surface area contributed by atoms with Crippen LogP contribution in [0.25, 0.3) is 5.57 Å². The van der Waals surface area contributed by atoms with E-state index in [0.717, 1.165) is 36.0 Å². The molecule has 1 N–H and O–H groups in total. The largest absolute Gasteiger partial charge is 0.478 e. The number of rotatable bonds is 6. The lowest BCUT2D eigenvalue weighted by atomic mass is 9.92. The first-order valence-electron chi connectivity index (χ1n) is 6.63. The minimum absolute atomic E-state index is 0.577. The average Bonchev–Trinajstić information content (AvgIpc) is 2.35. The average molecular weight is 246 g/mol. The Balaban J connectivity index is 3.26. The van der Waals surface area contributed by atoms with E-state index in [2.05, 4.69) is 6.92 Å². The number of allylic oxidation sites excluding steroid dienone is 1. The van der Waals surface area contributed by atoms with Gasteiger partial charge in [0.1, 0.15) is 0 Å². The first kappa shape index (κ1) is 14.5. The lowest BCUT2D eigenvalue weighted by molar-refractivity contribution is -0.132. The van der Waals surface area contributed by atoms with E-state index in [1.807, 2.05) is 38.1 Å². The van der Waals surface area contributed by atoms with Gasteiger partial charge in [0.25, 0.3) is 0 Å². The standard InChI is InChI=1S/C16H22O2/c1-4-6-10-15(16(17)18)13(5-2)14-11-8-7-9-12(14)3/h7-9,11H,4-6,10H2,1-3H3,(H,17,18)/b15-13+. The van der Waals surface area contributed by atoms with Gasteiger partial charge in [-0.25, -0.2) is 4.79 Å². The normalized spacial score (nSPS) is 12.2. The van der Waals surface area contributed by atoms with Gasteiger partial charge in [0, 0.05) is 5.57 Å². The number of carboxylic acids is 1. The summed E-state index contributed by atoms with van der Waals surface area (Å²) in [6.45, 7) is 6.14. The van der Waals surface area contributed by atoms with E-state index in [4.69, 9.17) is 0 Å². The van der Waals surface area contributed by atoms with Crippen molar-refractivity contribution in [3.05, 3.63) is 41.0 Å². The maximum absolute atomic E-state index is 11.4. The topological polar surface area (TPSA) is 37.3 Å². The third kappa shape index (κ3) is 3.46. The molecule has 18 heavy (non-hydrogen) atoms. The fourth-order valence-electron chi connectivity index (χ4n) is 2.22. The highest BCUT2D eigenvalue weighted by Gasteiger charge is 2.15. The number of aryl methyl sites for hydroxylation is 1. The molecule has 1 aromatic rings. The zero-order valence-corrected chi connectivity index (χ0v) is 11.5. The molecule has 0 aliphatic carbocycles. The van der Waals surface area contributed by atoms with E-state index in [1.54, 1.807) is 0 Å². The van der Waals surface area contributed by atoms with Crippen LogP contribution in [0, 0.1) is 6.92 Å². The zero-order valence-electron chi connectivity index (χ0n) is 11.5. The van der Waals surface area contributed by atoms with Crippen LogP contribution >= 0.6 is 0 Å². The molecule has 1 rings (SSSR count). The summed E-state index contributed by atoms with van der Waals surface area (Å²) in [5.74, 6) is -0.774. The highest BCUT2D eigenvalue weighted by atomic mass is 16.4. The molecule has 0 aromatic heterocycles. The first-order valence-corrected chi connectivity index (χ1v) is 6.63. The molecule has 0 unspecified atom stereocenters. The Kier molecular flexibility index (Phi) is 5.63. The van der Waals surface area contributed by atoms with Gasteiger partial charge in [-0.15, -0.1) is 0 Å². The Hall–Kier alpha value is -1.57. The van der Waals surface area contributed by atoms with Gasteiger partial charge < -0.3 is 5.11 Å². The molecule has 1 aromatic carbocycles. The predicted octanol–water partition coefficient (Wildman–Crippen LogP) is 4.43. The summed E-state index contributed by atoms with van der Waals surface area (Å²) in [6.07, 6.45) is 3.36. The Morgan fingerprint density at radius 2 is 1.89 bits per heavy atom. The Bertz CT molecular complexity index is 444. The van der Waals surface area contributed by atoms with Crippen LogP contribution in [0.4, 0.5) is 0 Å². The molecule has 0 heterocycles. The molecule has 0 fully saturated rings. The van der Waals surface area contributed by atoms with Crippen LogP contribution in [-0.4, -0.2) is 11.1 Å². The molecule has 0 spiro atoms. The summed E-state index contributed by atoms with van der Waals surface area (Å²) in [7, 11) is 0. The van der Waals surface area contributed by atoms with Crippen LogP contribution in [0.2, 0.25) is 0 Å². The van der Waals surface area contributed by atoms with E-state index >= 15 is 0 Å². The summed E-state index contributed by atoms with van der Waals surface area (Å²) in [6, 6.07) is 8.00. The second-order valence-electron chi connectivity index (χ2n) is 4.53. The van der Waals surface area contributed by atoms with Crippen LogP contribution in [0.1, 0.15) is 50.7 Å². The number of benzene rings is 1. The summed E-state index contributed by atoms with van der Waals surface area (Å²) in [5, 5.41) is 9.40. The molecule has 0 atom stereocenters. The zero-order chi connectivity index (χ0) is 13.5. The first-order chi connectivity index (χ1) is 8.61. The monoisotopic (exact) mass is 246 g/mol. The van der Waals surface area contributed by atoms with Crippen LogP contribution in [0.3, 0.4) is 0 Å². The molecular formula is C16H22O2. The Morgan fingerprint density at radius 1 is 1.22 bits per heavy atom. The second-order valence-corrected chi connectivity index (χ2v) is 4.53. The van der Waals surface area contributed by atoms with E-state index in [1.165, 1.54) is 0 Å². The molecule has 0 saturated heterocycles. The molecule has 98 valence electrons. The third-order valence-electron chi connectivity index (χ3n) is 3.23. The number of hydrogen-bond acceptors (Lipinski definition) is 1. The Morgan fingerprint density at radius 3 is 2.39 bits per heavy atom. The maximum atomic E-state index is 11.4. The van der Waals surface area contributed by atoms with Crippen molar-refractivity contribution in [2.75, 3.05) is 0 Å². The van der Waals surface area contributed by atoms with E-state index in [-0.39, 0.29) is 0 Å². The van der Waals surface area contributed by atoms with Crippen molar-refractivity contribution >= 4 is 11.5 Å². The van der Waals surface area contributed by atoms with Crippen LogP contribution in [-0.2, 0) is 4.79 Å². The molecular weight excluding hydrogens is 224 g/mol. The number of unbranched alkanes of at least 4 members (excludes halogenated alkanes) is 1. The summed E-state index contributed by atoms with van der Waals surface area (Å²) >= 11 is 0. The van der Waals surface area contributed by atoms with Gasteiger partial charge in [0.05, 0.1) is 0 Å². The SMILES string of the molecule is CCCC/C(C(=O)O)=C(/CC)c1ccccc1C. The fraction of sp³-hybridized carbons (Fsp3) is 0.438. The van der Waals surface area contributed by atoms with Crippen molar-refractivity contribution in [1.29, 1.82) is 0 Å². The summed E-state index contributed by atoms with van der Waals surface area (Å²) in [4.78, 5) is 11.4. The number of carbonyl (C=O) groups is 1. The second kappa shape index (κ2) is 7.00. The molecule has 0 saturated carbocycles. The van der Waals surface area contributed by atoms with Gasteiger partial charge >= 0.3 is 5.97 Å². The molecule has 2 heteroatoms. The number of hydrogen-bond donors (Lipinski definition) is 1. The van der Waals surface area contributed by atoms with Crippen molar-refractivity contribution < 1.29 is 9.90 Å². The molecule has 0 aliphatic rings. The molecule has 0 bridgehead atoms. The van der Waals surface area contributed by atoms with Gasteiger partial charge in [-0.3, -0.25) is 0 Å². The van der Waals surface area contributed by atoms with Gasteiger partial charge in [-0.1, -0.05) is 44.5 Å². The van der Waals surface area contributed by atoms with Crippen LogP contribution < -0.4 is 0 Å². The molecule has 0 radical (unpaired) electrons. The van der Waals surface area contributed by atoms with Crippen LogP contribution in [0.5, 0.6) is 0 Å². The van der Waals surface area contributed by atoms with Gasteiger partial charge in [0.2, 0.25) is 0 Å².